The van der Waals surface area contributed by atoms with Gasteiger partial charge in [-0.25, -0.2) is 13.1 Å². The van der Waals surface area contributed by atoms with Crippen molar-refractivity contribution in [2.24, 2.45) is 0 Å². The third-order valence-corrected chi connectivity index (χ3v) is 5.87. The van der Waals surface area contributed by atoms with Crippen molar-refractivity contribution < 1.29 is 8.42 Å². The Bertz CT molecular complexity index is 710. The molecule has 3 nitrogen and oxygen atoms in total. The van der Waals surface area contributed by atoms with Gasteiger partial charge in [-0.2, -0.15) is 11.8 Å². The first-order valence-electron chi connectivity index (χ1n) is 7.17. The Kier molecular flexibility index (Phi) is 6.06. The van der Waals surface area contributed by atoms with E-state index in [2.05, 4.69) is 23.8 Å². The normalized spacial score (nSPS) is 11.5. The molecule has 0 aliphatic carbocycles. The molecule has 0 aliphatic rings. The van der Waals surface area contributed by atoms with Gasteiger partial charge in [-0.15, -0.1) is 0 Å². The van der Waals surface area contributed by atoms with Crippen LogP contribution in [0.1, 0.15) is 16.7 Å². The van der Waals surface area contributed by atoms with E-state index in [1.807, 2.05) is 31.2 Å². The van der Waals surface area contributed by atoms with Crippen LogP contribution in [0.3, 0.4) is 0 Å². The molecule has 0 amide bonds. The summed E-state index contributed by atoms with van der Waals surface area (Å²) < 4.78 is 26.9. The van der Waals surface area contributed by atoms with Crippen molar-refractivity contribution >= 4 is 21.8 Å². The largest absolute Gasteiger partial charge is 0.240 e. The van der Waals surface area contributed by atoms with Gasteiger partial charge in [0, 0.05) is 18.1 Å². The van der Waals surface area contributed by atoms with E-state index in [0.29, 0.717) is 11.4 Å². The fraction of sp³-hybridized carbons (Fsp3) is 0.294. The topological polar surface area (TPSA) is 46.2 Å². The van der Waals surface area contributed by atoms with E-state index in [1.54, 1.807) is 23.9 Å². The predicted octanol–water partition coefficient (Wildman–Crippen LogP) is 3.52. The molecule has 2 aromatic carbocycles. The summed E-state index contributed by atoms with van der Waals surface area (Å²) in [5.41, 5.74) is 3.62. The Morgan fingerprint density at radius 3 is 2.36 bits per heavy atom. The lowest BCUT2D eigenvalue weighted by atomic mass is 10.1. The third kappa shape index (κ3) is 4.87. The van der Waals surface area contributed by atoms with Crippen LogP contribution in [-0.4, -0.2) is 20.7 Å². The van der Waals surface area contributed by atoms with E-state index in [-0.39, 0.29) is 0 Å². The van der Waals surface area contributed by atoms with Gasteiger partial charge in [0.15, 0.2) is 0 Å². The molecule has 22 heavy (non-hydrogen) atoms. The maximum atomic E-state index is 12.1. The van der Waals surface area contributed by atoms with Gasteiger partial charge < -0.3 is 0 Å². The summed E-state index contributed by atoms with van der Waals surface area (Å²) >= 11 is 1.73. The molecule has 2 rings (SSSR count). The van der Waals surface area contributed by atoms with Gasteiger partial charge in [0.25, 0.3) is 0 Å². The molecule has 0 heterocycles. The highest BCUT2D eigenvalue weighted by Crippen LogP contribution is 2.15. The summed E-state index contributed by atoms with van der Waals surface area (Å²) in [6.45, 7) is 4.47. The highest BCUT2D eigenvalue weighted by molar-refractivity contribution is 7.98. The Balaban J connectivity index is 1.79. The van der Waals surface area contributed by atoms with Gasteiger partial charge in [-0.05, 0) is 37.1 Å². The van der Waals surface area contributed by atoms with Crippen molar-refractivity contribution in [1.29, 1.82) is 0 Å². The summed E-state index contributed by atoms with van der Waals surface area (Å²) in [7, 11) is -3.39. The third-order valence-electron chi connectivity index (χ3n) is 3.39. The maximum absolute atomic E-state index is 12.1. The van der Waals surface area contributed by atoms with Gasteiger partial charge in [-0.1, -0.05) is 42.0 Å². The molecule has 0 atom stereocenters. The van der Waals surface area contributed by atoms with Crippen LogP contribution in [0, 0.1) is 13.8 Å². The molecule has 0 aliphatic heterocycles. The SMILES string of the molecule is Cc1ccc(S(=O)(=O)NCCSCc2ccccc2C)cc1. The number of benzene rings is 2. The first-order chi connectivity index (χ1) is 10.5. The van der Waals surface area contributed by atoms with Crippen molar-refractivity contribution in [1.82, 2.24) is 4.72 Å². The minimum absolute atomic E-state index is 0.321. The zero-order valence-electron chi connectivity index (χ0n) is 12.9. The van der Waals surface area contributed by atoms with E-state index in [4.69, 9.17) is 0 Å². The Hall–Kier alpha value is -1.30. The molecule has 1 N–H and O–H groups in total. The monoisotopic (exact) mass is 335 g/mol. The molecule has 2 aromatic rings. The fourth-order valence-corrected chi connectivity index (χ4v) is 4.10. The number of rotatable bonds is 7. The number of sulfonamides is 1. The van der Waals surface area contributed by atoms with Crippen LogP contribution in [0.4, 0.5) is 0 Å². The van der Waals surface area contributed by atoms with Gasteiger partial charge in [0.1, 0.15) is 0 Å². The van der Waals surface area contributed by atoms with E-state index in [0.717, 1.165) is 17.1 Å². The first kappa shape index (κ1) is 17.1. The van der Waals surface area contributed by atoms with Crippen LogP contribution in [0.25, 0.3) is 0 Å². The van der Waals surface area contributed by atoms with Gasteiger partial charge >= 0.3 is 0 Å². The van der Waals surface area contributed by atoms with E-state index >= 15 is 0 Å². The molecule has 0 bridgehead atoms. The number of hydrogen-bond donors (Lipinski definition) is 1. The van der Waals surface area contributed by atoms with E-state index in [9.17, 15) is 8.42 Å². The second kappa shape index (κ2) is 7.81. The lowest BCUT2D eigenvalue weighted by molar-refractivity contribution is 0.584. The average Bonchev–Trinajstić information content (AvgIpc) is 2.49. The summed E-state index contributed by atoms with van der Waals surface area (Å²) in [5, 5.41) is 0. The second-order valence-electron chi connectivity index (χ2n) is 5.19. The highest BCUT2D eigenvalue weighted by atomic mass is 32.2. The molecule has 0 unspecified atom stereocenters. The average molecular weight is 335 g/mol. The van der Waals surface area contributed by atoms with Gasteiger partial charge in [-0.3, -0.25) is 0 Å². The molecular formula is C17H21NO2S2. The standard InChI is InChI=1S/C17H21NO2S2/c1-14-7-9-17(10-8-14)22(19,20)18-11-12-21-13-16-6-4-3-5-15(16)2/h3-10,18H,11-13H2,1-2H3. The zero-order valence-corrected chi connectivity index (χ0v) is 14.5. The van der Waals surface area contributed by atoms with Crippen molar-refractivity contribution in [2.45, 2.75) is 24.5 Å². The van der Waals surface area contributed by atoms with Crippen molar-refractivity contribution in [3.05, 3.63) is 65.2 Å². The lowest BCUT2D eigenvalue weighted by Gasteiger charge is -2.08. The molecule has 0 saturated carbocycles. The van der Waals surface area contributed by atoms with Crippen LogP contribution in [0.5, 0.6) is 0 Å². The Labute approximate surface area is 137 Å². The van der Waals surface area contributed by atoms with Crippen LogP contribution >= 0.6 is 11.8 Å². The van der Waals surface area contributed by atoms with Crippen molar-refractivity contribution in [2.75, 3.05) is 12.3 Å². The number of thioether (sulfide) groups is 1. The minimum atomic E-state index is -3.39. The molecule has 118 valence electrons. The summed E-state index contributed by atoms with van der Waals surface area (Å²) in [6.07, 6.45) is 0. The Morgan fingerprint density at radius 1 is 1.00 bits per heavy atom. The summed E-state index contributed by atoms with van der Waals surface area (Å²) in [5.74, 6) is 1.65. The van der Waals surface area contributed by atoms with Crippen LogP contribution < -0.4 is 4.72 Å². The predicted molar refractivity (Wildman–Crippen MR) is 93.7 cm³/mol. The molecule has 5 heteroatoms. The zero-order chi connectivity index (χ0) is 16.0. The summed E-state index contributed by atoms with van der Waals surface area (Å²) in [4.78, 5) is 0.321. The van der Waals surface area contributed by atoms with Crippen LogP contribution in [0.2, 0.25) is 0 Å². The van der Waals surface area contributed by atoms with Gasteiger partial charge in [0.05, 0.1) is 4.90 Å². The first-order valence-corrected chi connectivity index (χ1v) is 9.81. The highest BCUT2D eigenvalue weighted by Gasteiger charge is 2.12. The Morgan fingerprint density at radius 2 is 1.68 bits per heavy atom. The summed E-state index contributed by atoms with van der Waals surface area (Å²) in [6, 6.07) is 15.1. The second-order valence-corrected chi connectivity index (χ2v) is 8.06. The molecule has 0 saturated heterocycles. The van der Waals surface area contributed by atoms with Gasteiger partial charge in [0.2, 0.25) is 10.0 Å². The number of nitrogens with one attached hydrogen (secondary N) is 1. The quantitative estimate of drug-likeness (QED) is 0.788. The van der Waals surface area contributed by atoms with Crippen LogP contribution in [0.15, 0.2) is 53.4 Å². The smallest absolute Gasteiger partial charge is 0.210 e. The fourth-order valence-electron chi connectivity index (χ4n) is 2.00. The molecular weight excluding hydrogens is 314 g/mol. The van der Waals surface area contributed by atoms with E-state index in [1.165, 1.54) is 11.1 Å². The van der Waals surface area contributed by atoms with E-state index < -0.39 is 10.0 Å². The number of aryl methyl sites for hydroxylation is 2. The lowest BCUT2D eigenvalue weighted by Crippen LogP contribution is -2.26. The van der Waals surface area contributed by atoms with Crippen molar-refractivity contribution in [3.8, 4) is 0 Å². The maximum Gasteiger partial charge on any atom is 0.240 e. The van der Waals surface area contributed by atoms with Crippen molar-refractivity contribution in [3.63, 3.8) is 0 Å². The number of hydrogen-bond acceptors (Lipinski definition) is 3. The molecule has 0 fully saturated rings. The molecule has 0 radical (unpaired) electrons. The molecule has 0 aromatic heterocycles. The molecule has 0 spiro atoms. The minimum Gasteiger partial charge on any atom is -0.210 e. The van der Waals surface area contributed by atoms with Crippen LogP contribution in [-0.2, 0) is 15.8 Å².